The Balaban J connectivity index is 2.35. The normalized spacial score (nSPS) is 11.4. The lowest BCUT2D eigenvalue weighted by molar-refractivity contribution is 0.0613. The molecule has 0 aliphatic carbocycles. The van der Waals surface area contributed by atoms with Crippen LogP contribution in [0.15, 0.2) is 39.6 Å². The van der Waals surface area contributed by atoms with E-state index in [4.69, 9.17) is 14.3 Å². The van der Waals surface area contributed by atoms with Crippen LogP contribution in [0.25, 0.3) is 0 Å². The molecule has 0 aliphatic heterocycles. The molecule has 2 rings (SSSR count). The molecule has 0 atom stereocenters. The Kier molecular flexibility index (Phi) is 8.09. The lowest BCUT2D eigenvalue weighted by Gasteiger charge is -2.22. The van der Waals surface area contributed by atoms with Crippen LogP contribution < -0.4 is 4.72 Å². The Labute approximate surface area is 173 Å². The fourth-order valence-electron chi connectivity index (χ4n) is 2.62. The van der Waals surface area contributed by atoms with Crippen LogP contribution in [-0.4, -0.2) is 56.6 Å². The molecule has 0 bridgehead atoms. The van der Waals surface area contributed by atoms with E-state index in [0.29, 0.717) is 6.61 Å². The van der Waals surface area contributed by atoms with E-state index in [2.05, 4.69) is 4.72 Å². The topological polar surface area (TPSA) is 126 Å². The Bertz CT molecular complexity index is 1000. The predicted octanol–water partition coefficient (Wildman–Crippen LogP) is 2.09. The highest BCUT2D eigenvalue weighted by atomic mass is 32.2. The number of benzene rings is 1. The molecule has 2 aromatic rings. The third-order valence-electron chi connectivity index (χ3n) is 4.03. The summed E-state index contributed by atoms with van der Waals surface area (Å²) in [5, 5.41) is 8.97. The molecule has 1 amide bonds. The first-order chi connectivity index (χ1) is 14.2. The van der Waals surface area contributed by atoms with Crippen molar-refractivity contribution in [3.05, 3.63) is 53.2 Å². The van der Waals surface area contributed by atoms with Gasteiger partial charge in [0.05, 0.1) is 23.6 Å². The highest BCUT2D eigenvalue weighted by molar-refractivity contribution is 7.89. The molecule has 0 spiro atoms. The summed E-state index contributed by atoms with van der Waals surface area (Å²) < 4.78 is 51.5. The molecule has 0 saturated heterocycles. The van der Waals surface area contributed by atoms with Gasteiger partial charge in [-0.2, -0.15) is 0 Å². The second-order valence-corrected chi connectivity index (χ2v) is 7.90. The van der Waals surface area contributed by atoms with Crippen LogP contribution in [0.5, 0.6) is 0 Å². The Morgan fingerprint density at radius 3 is 2.57 bits per heavy atom. The van der Waals surface area contributed by atoms with Crippen LogP contribution in [-0.2, 0) is 21.3 Å². The number of aromatic carboxylic acids is 1. The third-order valence-corrected chi connectivity index (χ3v) is 5.57. The lowest BCUT2D eigenvalue weighted by atomic mass is 10.1. The van der Waals surface area contributed by atoms with E-state index in [0.717, 1.165) is 18.2 Å². The minimum absolute atomic E-state index is 0.0550. The van der Waals surface area contributed by atoms with E-state index in [1.807, 2.05) is 0 Å². The lowest BCUT2D eigenvalue weighted by Crippen LogP contribution is -2.34. The van der Waals surface area contributed by atoms with Crippen LogP contribution >= 0.6 is 0 Å². The summed E-state index contributed by atoms with van der Waals surface area (Å²) in [6, 6.07) is 5.59. The van der Waals surface area contributed by atoms with Gasteiger partial charge in [0.1, 0.15) is 11.6 Å². The number of carbonyl (C=O) groups is 2. The highest BCUT2D eigenvalue weighted by Gasteiger charge is 2.24. The fraction of sp³-hybridized carbons (Fsp3) is 0.368. The Morgan fingerprint density at radius 2 is 1.97 bits per heavy atom. The van der Waals surface area contributed by atoms with Crippen molar-refractivity contribution in [1.29, 1.82) is 0 Å². The van der Waals surface area contributed by atoms with Crippen LogP contribution in [0.1, 0.15) is 40.5 Å². The van der Waals surface area contributed by atoms with Crippen molar-refractivity contribution in [2.45, 2.75) is 25.3 Å². The smallest absolute Gasteiger partial charge is 0.371 e. The number of nitrogens with one attached hydrogen (secondary N) is 1. The summed E-state index contributed by atoms with van der Waals surface area (Å²) in [5.41, 5.74) is -0.435. The zero-order valence-electron chi connectivity index (χ0n) is 16.6. The van der Waals surface area contributed by atoms with Gasteiger partial charge in [0.2, 0.25) is 15.8 Å². The van der Waals surface area contributed by atoms with Gasteiger partial charge in [0.15, 0.2) is 0 Å². The van der Waals surface area contributed by atoms with E-state index < -0.39 is 33.3 Å². The summed E-state index contributed by atoms with van der Waals surface area (Å²) in [5.74, 6) is -3.06. The molecule has 11 heteroatoms. The summed E-state index contributed by atoms with van der Waals surface area (Å²) in [6.45, 7) is 3.95. The first kappa shape index (κ1) is 23.5. The van der Waals surface area contributed by atoms with Crippen molar-refractivity contribution in [3.8, 4) is 0 Å². The second-order valence-electron chi connectivity index (χ2n) is 6.14. The maximum atomic E-state index is 14.4. The van der Waals surface area contributed by atoms with Crippen molar-refractivity contribution in [2.24, 2.45) is 0 Å². The first-order valence-electron chi connectivity index (χ1n) is 9.17. The second kappa shape index (κ2) is 10.3. The van der Waals surface area contributed by atoms with Gasteiger partial charge in [-0.25, -0.2) is 22.3 Å². The number of carboxylic acid groups (broad SMARTS) is 1. The number of furan rings is 1. The number of hydrogen-bond acceptors (Lipinski definition) is 6. The maximum absolute atomic E-state index is 14.4. The van der Waals surface area contributed by atoms with Gasteiger partial charge >= 0.3 is 5.97 Å². The van der Waals surface area contributed by atoms with Gasteiger partial charge in [0, 0.05) is 19.7 Å². The van der Waals surface area contributed by atoms with Crippen molar-refractivity contribution in [1.82, 2.24) is 9.62 Å². The number of sulfonamides is 1. The maximum Gasteiger partial charge on any atom is 0.371 e. The minimum atomic E-state index is -3.89. The average molecular weight is 442 g/mol. The molecular formula is C19H23FN2O7S. The van der Waals surface area contributed by atoms with Gasteiger partial charge in [-0.1, -0.05) is 6.92 Å². The first-order valence-corrected chi connectivity index (χ1v) is 10.7. The van der Waals surface area contributed by atoms with Crippen LogP contribution in [0.2, 0.25) is 0 Å². The summed E-state index contributed by atoms with van der Waals surface area (Å²) in [6.07, 6.45) is 0. The summed E-state index contributed by atoms with van der Waals surface area (Å²) >= 11 is 0. The zero-order valence-corrected chi connectivity index (χ0v) is 17.4. The van der Waals surface area contributed by atoms with Gasteiger partial charge in [-0.05, 0) is 37.3 Å². The van der Waals surface area contributed by atoms with E-state index in [1.165, 1.54) is 17.0 Å². The number of carbonyl (C=O) groups excluding carboxylic acids is 1. The quantitative estimate of drug-likeness (QED) is 0.510. The number of carboxylic acids is 1. The van der Waals surface area contributed by atoms with Crippen LogP contribution in [0.4, 0.5) is 4.39 Å². The third kappa shape index (κ3) is 5.88. The standard InChI is InChI=1S/C19H23FN2O7S/c1-3-21-30(26,27)14-6-7-16(20)15(11-14)18(23)22(9-10-28-4-2)12-13-5-8-17(29-13)19(24)25/h5-8,11,21H,3-4,9-10,12H2,1-2H3,(H,24,25). The molecular weight excluding hydrogens is 419 g/mol. The van der Waals surface area contributed by atoms with Gasteiger partial charge in [-0.15, -0.1) is 0 Å². The van der Waals surface area contributed by atoms with E-state index in [1.54, 1.807) is 13.8 Å². The van der Waals surface area contributed by atoms with Crippen LogP contribution in [0, 0.1) is 5.82 Å². The molecule has 1 aromatic carbocycles. The molecule has 0 radical (unpaired) electrons. The number of rotatable bonds is 11. The predicted molar refractivity (Wildman–Crippen MR) is 104 cm³/mol. The van der Waals surface area contributed by atoms with Crippen molar-refractivity contribution in [3.63, 3.8) is 0 Å². The summed E-state index contributed by atoms with van der Waals surface area (Å²) in [7, 11) is -3.89. The number of halogens is 1. The monoisotopic (exact) mass is 442 g/mol. The molecule has 30 heavy (non-hydrogen) atoms. The van der Waals surface area contributed by atoms with Gasteiger partial charge < -0.3 is 19.2 Å². The molecule has 9 nitrogen and oxygen atoms in total. The number of nitrogens with zero attached hydrogens (tertiary/aromatic N) is 1. The van der Waals surface area contributed by atoms with Crippen LogP contribution in [0.3, 0.4) is 0 Å². The number of hydrogen-bond donors (Lipinski definition) is 2. The fourth-order valence-corrected chi connectivity index (χ4v) is 3.68. The molecule has 0 aliphatic rings. The summed E-state index contributed by atoms with van der Waals surface area (Å²) in [4.78, 5) is 24.9. The molecule has 2 N–H and O–H groups in total. The molecule has 0 fully saturated rings. The molecule has 0 saturated carbocycles. The van der Waals surface area contributed by atoms with Gasteiger partial charge in [0.25, 0.3) is 5.91 Å². The van der Waals surface area contributed by atoms with Crippen molar-refractivity contribution < 1.29 is 36.7 Å². The molecule has 1 heterocycles. The van der Waals surface area contributed by atoms with E-state index in [9.17, 15) is 22.4 Å². The zero-order chi connectivity index (χ0) is 22.3. The Morgan fingerprint density at radius 1 is 1.23 bits per heavy atom. The van der Waals surface area contributed by atoms with E-state index in [-0.39, 0.29) is 42.7 Å². The molecule has 0 unspecified atom stereocenters. The number of ether oxygens (including phenoxy) is 1. The minimum Gasteiger partial charge on any atom is -0.475 e. The largest absolute Gasteiger partial charge is 0.475 e. The highest BCUT2D eigenvalue weighted by Crippen LogP contribution is 2.19. The van der Waals surface area contributed by atoms with Gasteiger partial charge in [-0.3, -0.25) is 4.79 Å². The van der Waals surface area contributed by atoms with Crippen molar-refractivity contribution >= 4 is 21.9 Å². The van der Waals surface area contributed by atoms with Crippen molar-refractivity contribution in [2.75, 3.05) is 26.3 Å². The Hall–Kier alpha value is -2.76. The molecule has 164 valence electrons. The molecule has 1 aromatic heterocycles. The average Bonchev–Trinajstić information content (AvgIpc) is 3.16. The van der Waals surface area contributed by atoms with E-state index >= 15 is 0 Å². The number of amides is 1. The SMILES string of the molecule is CCNS(=O)(=O)c1ccc(F)c(C(=O)N(CCOCC)Cc2ccc(C(=O)O)o2)c1.